The van der Waals surface area contributed by atoms with Crippen LogP contribution in [0.1, 0.15) is 58.9 Å². The molecule has 0 fully saturated rings. The summed E-state index contributed by atoms with van der Waals surface area (Å²) in [6.07, 6.45) is 4.63. The van der Waals surface area contributed by atoms with Gasteiger partial charge >= 0.3 is 11.9 Å². The van der Waals surface area contributed by atoms with Crippen molar-refractivity contribution in [3.8, 4) is 0 Å². The van der Waals surface area contributed by atoms with E-state index in [0.29, 0.717) is 12.0 Å². The second kappa shape index (κ2) is 8.29. The van der Waals surface area contributed by atoms with E-state index in [1.165, 1.54) is 0 Å². The molecule has 0 unspecified atom stereocenters. The Kier molecular flexibility index (Phi) is 6.69. The van der Waals surface area contributed by atoms with Crippen LogP contribution in [0.3, 0.4) is 0 Å². The summed E-state index contributed by atoms with van der Waals surface area (Å²) in [6.45, 7) is 2.11. The lowest BCUT2D eigenvalue weighted by atomic mass is 9.95. The first-order chi connectivity index (χ1) is 9.65. The number of carbonyl (C=O) groups is 2. The minimum absolute atomic E-state index is 0.270. The Bertz CT molecular complexity index is 440. The van der Waals surface area contributed by atoms with E-state index in [0.717, 1.165) is 25.7 Å². The Morgan fingerprint density at radius 2 is 1.55 bits per heavy atom. The molecule has 0 aliphatic heterocycles. The Balaban J connectivity index is 3.05. The molecular formula is C14H20N2O4. The van der Waals surface area contributed by atoms with Crippen molar-refractivity contribution in [1.29, 1.82) is 0 Å². The van der Waals surface area contributed by atoms with E-state index in [1.807, 2.05) is 0 Å². The van der Waals surface area contributed by atoms with Crippen LogP contribution in [0.4, 0.5) is 0 Å². The number of hydrogen-bond donors (Lipinski definition) is 2. The molecule has 0 atom stereocenters. The van der Waals surface area contributed by atoms with E-state index in [1.54, 1.807) is 18.2 Å². The number of hydrogen-bond acceptors (Lipinski definition) is 6. The summed E-state index contributed by atoms with van der Waals surface area (Å²) in [6, 6.07) is 4.70. The Hall–Kier alpha value is -1.92. The smallest absolute Gasteiger partial charge is 0.356 e. The van der Waals surface area contributed by atoms with Crippen molar-refractivity contribution in [1.82, 2.24) is 0 Å². The SMILES string of the molecule is CCCCCCc1c(C(=O)ON)cccc1C(=O)ON. The second-order valence-electron chi connectivity index (χ2n) is 4.45. The number of carbonyl (C=O) groups excluding carboxylic acids is 2. The molecule has 0 saturated heterocycles. The van der Waals surface area contributed by atoms with Crippen LogP contribution in [-0.2, 0) is 16.1 Å². The molecule has 0 aliphatic rings. The summed E-state index contributed by atoms with van der Waals surface area (Å²) in [5, 5.41) is 0. The average molecular weight is 280 g/mol. The summed E-state index contributed by atoms with van der Waals surface area (Å²) in [4.78, 5) is 31.8. The number of benzene rings is 1. The summed E-state index contributed by atoms with van der Waals surface area (Å²) in [5.41, 5.74) is 1.10. The van der Waals surface area contributed by atoms with E-state index in [4.69, 9.17) is 11.8 Å². The van der Waals surface area contributed by atoms with Gasteiger partial charge in [0.05, 0.1) is 11.1 Å². The fourth-order valence-corrected chi connectivity index (χ4v) is 2.09. The number of unbranched alkanes of at least 4 members (excludes halogenated alkanes) is 3. The summed E-state index contributed by atoms with van der Waals surface area (Å²) in [5.74, 6) is 8.48. The Morgan fingerprint density at radius 3 is 2.00 bits per heavy atom. The van der Waals surface area contributed by atoms with Crippen LogP contribution in [0.2, 0.25) is 0 Å². The van der Waals surface area contributed by atoms with Crippen LogP contribution in [0.5, 0.6) is 0 Å². The minimum atomic E-state index is -0.679. The normalized spacial score (nSPS) is 10.2. The molecule has 0 saturated carbocycles. The molecule has 0 spiro atoms. The molecule has 0 aliphatic carbocycles. The van der Waals surface area contributed by atoms with Crippen molar-refractivity contribution in [2.24, 2.45) is 11.8 Å². The zero-order chi connectivity index (χ0) is 15.0. The van der Waals surface area contributed by atoms with Gasteiger partial charge < -0.3 is 9.68 Å². The quantitative estimate of drug-likeness (QED) is 0.583. The maximum atomic E-state index is 11.7. The zero-order valence-corrected chi connectivity index (χ0v) is 11.6. The summed E-state index contributed by atoms with van der Waals surface area (Å²) in [7, 11) is 0. The van der Waals surface area contributed by atoms with Gasteiger partial charge in [-0.15, -0.1) is 0 Å². The standard InChI is InChI=1S/C14H20N2O4/c1-2-3-4-5-7-10-11(13(17)19-15)8-6-9-12(10)14(18)20-16/h6,8-9H,2-5,7,15-16H2,1H3. The second-order valence-corrected chi connectivity index (χ2v) is 4.45. The lowest BCUT2D eigenvalue weighted by molar-refractivity contribution is 0.0498. The fraction of sp³-hybridized carbons (Fsp3) is 0.429. The lowest BCUT2D eigenvalue weighted by Gasteiger charge is -2.11. The van der Waals surface area contributed by atoms with Crippen molar-refractivity contribution in [2.75, 3.05) is 0 Å². The lowest BCUT2D eigenvalue weighted by Crippen LogP contribution is -2.18. The predicted molar refractivity (Wildman–Crippen MR) is 73.5 cm³/mol. The molecule has 1 aromatic rings. The van der Waals surface area contributed by atoms with Gasteiger partial charge in [-0.25, -0.2) is 9.59 Å². The van der Waals surface area contributed by atoms with E-state index < -0.39 is 11.9 Å². The van der Waals surface area contributed by atoms with Gasteiger partial charge in [0, 0.05) is 0 Å². The third-order valence-corrected chi connectivity index (χ3v) is 3.11. The van der Waals surface area contributed by atoms with Crippen molar-refractivity contribution in [3.63, 3.8) is 0 Å². The van der Waals surface area contributed by atoms with Crippen molar-refractivity contribution >= 4 is 11.9 Å². The monoisotopic (exact) mass is 280 g/mol. The van der Waals surface area contributed by atoms with Gasteiger partial charge in [0.2, 0.25) is 0 Å². The molecule has 4 N–H and O–H groups in total. The maximum absolute atomic E-state index is 11.7. The van der Waals surface area contributed by atoms with E-state index in [9.17, 15) is 9.59 Å². The Morgan fingerprint density at radius 1 is 1.00 bits per heavy atom. The van der Waals surface area contributed by atoms with Crippen LogP contribution >= 0.6 is 0 Å². The van der Waals surface area contributed by atoms with Crippen molar-refractivity contribution < 1.29 is 19.3 Å². The van der Waals surface area contributed by atoms with Gasteiger partial charge in [-0.2, -0.15) is 11.8 Å². The van der Waals surface area contributed by atoms with Gasteiger partial charge in [-0.3, -0.25) is 0 Å². The maximum Gasteiger partial charge on any atom is 0.356 e. The minimum Gasteiger partial charge on any atom is -0.370 e. The molecule has 0 heterocycles. The van der Waals surface area contributed by atoms with Crippen LogP contribution in [0.25, 0.3) is 0 Å². The molecule has 1 aromatic carbocycles. The largest absolute Gasteiger partial charge is 0.370 e. The topological polar surface area (TPSA) is 105 Å². The van der Waals surface area contributed by atoms with Crippen molar-refractivity contribution in [2.45, 2.75) is 39.0 Å². The molecule has 6 heteroatoms. The molecular weight excluding hydrogens is 260 g/mol. The molecule has 0 aromatic heterocycles. The molecule has 0 amide bonds. The van der Waals surface area contributed by atoms with Crippen LogP contribution in [0, 0.1) is 0 Å². The third kappa shape index (κ3) is 4.04. The molecule has 1 rings (SSSR count). The van der Waals surface area contributed by atoms with Crippen molar-refractivity contribution in [3.05, 3.63) is 34.9 Å². The third-order valence-electron chi connectivity index (χ3n) is 3.11. The highest BCUT2D eigenvalue weighted by molar-refractivity contribution is 5.97. The predicted octanol–water partition coefficient (Wildman–Crippen LogP) is 1.87. The fourth-order valence-electron chi connectivity index (χ4n) is 2.09. The van der Waals surface area contributed by atoms with Gasteiger partial charge in [0.15, 0.2) is 0 Å². The van der Waals surface area contributed by atoms with Gasteiger partial charge in [-0.1, -0.05) is 32.3 Å². The van der Waals surface area contributed by atoms with E-state index in [-0.39, 0.29) is 11.1 Å². The van der Waals surface area contributed by atoms with Crippen LogP contribution in [0.15, 0.2) is 18.2 Å². The first kappa shape index (κ1) is 16.1. The summed E-state index contributed by atoms with van der Waals surface area (Å²) >= 11 is 0. The highest BCUT2D eigenvalue weighted by Gasteiger charge is 2.20. The van der Waals surface area contributed by atoms with Crippen LogP contribution in [-0.4, -0.2) is 11.9 Å². The van der Waals surface area contributed by atoms with Gasteiger partial charge in [-0.05, 0) is 30.5 Å². The molecule has 6 nitrogen and oxygen atoms in total. The first-order valence-corrected chi connectivity index (χ1v) is 6.59. The zero-order valence-electron chi connectivity index (χ0n) is 11.6. The number of nitrogens with two attached hydrogens (primary N) is 2. The highest BCUT2D eigenvalue weighted by Crippen LogP contribution is 2.20. The number of rotatable bonds is 7. The van der Waals surface area contributed by atoms with Crippen LogP contribution < -0.4 is 11.8 Å². The molecule has 20 heavy (non-hydrogen) atoms. The summed E-state index contributed by atoms with van der Waals surface area (Å²) < 4.78 is 0. The highest BCUT2D eigenvalue weighted by atomic mass is 16.7. The molecule has 0 bridgehead atoms. The van der Waals surface area contributed by atoms with Gasteiger partial charge in [0.25, 0.3) is 0 Å². The van der Waals surface area contributed by atoms with E-state index in [2.05, 4.69) is 16.6 Å². The first-order valence-electron chi connectivity index (χ1n) is 6.59. The Labute approximate surface area is 117 Å². The van der Waals surface area contributed by atoms with Gasteiger partial charge in [0.1, 0.15) is 0 Å². The molecule has 0 radical (unpaired) electrons. The molecule has 110 valence electrons. The average Bonchev–Trinajstić information content (AvgIpc) is 2.49. The van der Waals surface area contributed by atoms with E-state index >= 15 is 0 Å².